The predicted molar refractivity (Wildman–Crippen MR) is 117 cm³/mol. The lowest BCUT2D eigenvalue weighted by molar-refractivity contribution is -0.162. The van der Waals surface area contributed by atoms with Crippen molar-refractivity contribution in [3.8, 4) is 0 Å². The molecule has 0 bridgehead atoms. The minimum absolute atomic E-state index is 0.0180. The van der Waals surface area contributed by atoms with Crippen LogP contribution in [0.4, 0.5) is 4.39 Å². The highest BCUT2D eigenvalue weighted by molar-refractivity contribution is 5.98. The number of carbonyl (C=O) groups excluding carboxylic acids is 3. The maximum atomic E-state index is 13.3. The number of benzene rings is 1. The molecule has 33 heavy (non-hydrogen) atoms. The van der Waals surface area contributed by atoms with Gasteiger partial charge in [-0.25, -0.2) is 4.39 Å². The van der Waals surface area contributed by atoms with Crippen molar-refractivity contribution < 1.29 is 23.5 Å². The lowest BCUT2D eigenvalue weighted by Crippen LogP contribution is -2.66. The van der Waals surface area contributed by atoms with Gasteiger partial charge >= 0.3 is 0 Å². The molecular weight excluding hydrogens is 427 g/mol. The lowest BCUT2D eigenvalue weighted by Gasteiger charge is -2.46. The van der Waals surface area contributed by atoms with E-state index in [2.05, 4.69) is 10.6 Å². The Morgan fingerprint density at radius 1 is 1.03 bits per heavy atom. The van der Waals surface area contributed by atoms with Crippen molar-refractivity contribution in [2.75, 3.05) is 26.2 Å². The number of fused-ring (bicyclic) bond motifs is 2. The average molecular weight is 459 g/mol. The number of rotatable bonds is 5. The zero-order valence-corrected chi connectivity index (χ0v) is 18.7. The first-order valence-corrected chi connectivity index (χ1v) is 12.0. The number of carbonyl (C=O) groups is 3. The Morgan fingerprint density at radius 2 is 1.73 bits per heavy atom. The summed E-state index contributed by atoms with van der Waals surface area (Å²) < 4.78 is 19.1. The standard InChI is InChI=1S/C24H31FN4O4/c25-17-3-1-15(2-4-17)14-33-19-12-21-23(31)28-10-7-18(11-20(28)24(32)29(21)13-19)27-22(30)16-5-8-26-9-6-16/h1-4,16,18-21,26H,5-14H2,(H,27,30). The monoisotopic (exact) mass is 458 g/mol. The summed E-state index contributed by atoms with van der Waals surface area (Å²) in [5.74, 6) is -0.272. The molecule has 178 valence electrons. The summed E-state index contributed by atoms with van der Waals surface area (Å²) >= 11 is 0. The van der Waals surface area contributed by atoms with E-state index in [1.807, 2.05) is 0 Å². The van der Waals surface area contributed by atoms with Gasteiger partial charge in [-0.15, -0.1) is 0 Å². The first-order valence-electron chi connectivity index (χ1n) is 12.0. The first-order chi connectivity index (χ1) is 16.0. The van der Waals surface area contributed by atoms with Gasteiger partial charge in [0.05, 0.1) is 12.7 Å². The molecule has 0 saturated carbocycles. The molecule has 4 aliphatic rings. The number of piperazine rings is 1. The fourth-order valence-electron chi connectivity index (χ4n) is 5.57. The number of nitrogens with zero attached hydrogens (tertiary/aromatic N) is 2. The van der Waals surface area contributed by atoms with E-state index in [-0.39, 0.29) is 41.6 Å². The Labute approximate surface area is 192 Å². The maximum absolute atomic E-state index is 13.3. The Kier molecular flexibility index (Phi) is 6.34. The van der Waals surface area contributed by atoms with Crippen LogP contribution < -0.4 is 10.6 Å². The van der Waals surface area contributed by atoms with Gasteiger partial charge in [-0.3, -0.25) is 14.4 Å². The number of amides is 3. The third-order valence-corrected chi connectivity index (χ3v) is 7.46. The summed E-state index contributed by atoms with van der Waals surface area (Å²) in [6.45, 7) is 2.89. The van der Waals surface area contributed by atoms with Crippen LogP contribution in [0.5, 0.6) is 0 Å². The molecule has 4 fully saturated rings. The summed E-state index contributed by atoms with van der Waals surface area (Å²) in [6, 6.07) is 5.04. The molecule has 4 atom stereocenters. The molecule has 0 aliphatic carbocycles. The fourth-order valence-corrected chi connectivity index (χ4v) is 5.57. The third-order valence-electron chi connectivity index (χ3n) is 7.46. The van der Waals surface area contributed by atoms with Gasteiger partial charge in [-0.1, -0.05) is 12.1 Å². The summed E-state index contributed by atoms with van der Waals surface area (Å²) in [7, 11) is 0. The molecular formula is C24H31FN4O4. The van der Waals surface area contributed by atoms with Crippen molar-refractivity contribution in [1.82, 2.24) is 20.4 Å². The van der Waals surface area contributed by atoms with Crippen molar-refractivity contribution in [2.24, 2.45) is 5.92 Å². The van der Waals surface area contributed by atoms with Crippen LogP contribution in [0.2, 0.25) is 0 Å². The maximum Gasteiger partial charge on any atom is 0.246 e. The van der Waals surface area contributed by atoms with Crippen LogP contribution in [-0.4, -0.2) is 77.9 Å². The smallest absolute Gasteiger partial charge is 0.246 e. The molecule has 8 nitrogen and oxygen atoms in total. The van der Waals surface area contributed by atoms with Gasteiger partial charge in [0.25, 0.3) is 0 Å². The van der Waals surface area contributed by atoms with Gasteiger partial charge in [0.2, 0.25) is 17.7 Å². The quantitative estimate of drug-likeness (QED) is 0.681. The average Bonchev–Trinajstić information content (AvgIpc) is 3.28. The second-order valence-corrected chi connectivity index (χ2v) is 9.60. The highest BCUT2D eigenvalue weighted by Crippen LogP contribution is 2.33. The second kappa shape index (κ2) is 9.38. The molecule has 4 heterocycles. The molecule has 4 saturated heterocycles. The van der Waals surface area contributed by atoms with Crippen LogP contribution in [0.1, 0.15) is 37.7 Å². The second-order valence-electron chi connectivity index (χ2n) is 9.60. The van der Waals surface area contributed by atoms with Gasteiger partial charge in [0.15, 0.2) is 0 Å². The summed E-state index contributed by atoms with van der Waals surface area (Å²) in [6.07, 6.45) is 3.05. The van der Waals surface area contributed by atoms with E-state index in [1.165, 1.54) is 12.1 Å². The van der Waals surface area contributed by atoms with E-state index in [9.17, 15) is 18.8 Å². The minimum atomic E-state index is -0.517. The van der Waals surface area contributed by atoms with E-state index < -0.39 is 12.1 Å². The van der Waals surface area contributed by atoms with Crippen molar-refractivity contribution in [3.63, 3.8) is 0 Å². The Balaban J connectivity index is 1.18. The van der Waals surface area contributed by atoms with E-state index in [4.69, 9.17) is 4.74 Å². The van der Waals surface area contributed by atoms with Crippen LogP contribution in [0, 0.1) is 11.7 Å². The molecule has 9 heteroatoms. The predicted octanol–water partition coefficient (Wildman–Crippen LogP) is 0.801. The van der Waals surface area contributed by atoms with Crippen LogP contribution in [0.25, 0.3) is 0 Å². The zero-order valence-electron chi connectivity index (χ0n) is 18.7. The number of halogens is 1. The van der Waals surface area contributed by atoms with Gasteiger partial charge in [-0.2, -0.15) is 0 Å². The summed E-state index contributed by atoms with van der Waals surface area (Å²) in [5, 5.41) is 6.41. The van der Waals surface area contributed by atoms with E-state index in [0.29, 0.717) is 39.0 Å². The fraction of sp³-hybridized carbons (Fsp3) is 0.625. The normalized spacial score (nSPS) is 30.2. The van der Waals surface area contributed by atoms with Gasteiger partial charge in [-0.05, 0) is 56.5 Å². The van der Waals surface area contributed by atoms with Crippen molar-refractivity contribution in [1.29, 1.82) is 0 Å². The molecule has 0 spiro atoms. The highest BCUT2D eigenvalue weighted by Gasteiger charge is 2.52. The Morgan fingerprint density at radius 3 is 2.48 bits per heavy atom. The minimum Gasteiger partial charge on any atom is -0.372 e. The number of nitrogens with one attached hydrogen (secondary N) is 2. The van der Waals surface area contributed by atoms with Crippen molar-refractivity contribution in [2.45, 2.75) is 62.9 Å². The van der Waals surface area contributed by atoms with Crippen LogP contribution >= 0.6 is 0 Å². The number of ether oxygens (including phenoxy) is 1. The molecule has 1 aromatic rings. The first kappa shape index (κ1) is 22.3. The summed E-state index contributed by atoms with van der Waals surface area (Å²) in [5.41, 5.74) is 0.851. The van der Waals surface area contributed by atoms with Gasteiger partial charge in [0, 0.05) is 31.5 Å². The highest BCUT2D eigenvalue weighted by atomic mass is 19.1. The molecule has 4 aliphatic heterocycles. The molecule has 0 aromatic heterocycles. The molecule has 0 radical (unpaired) electrons. The summed E-state index contributed by atoms with van der Waals surface area (Å²) in [4.78, 5) is 42.5. The lowest BCUT2D eigenvalue weighted by atomic mass is 9.91. The van der Waals surface area contributed by atoms with Gasteiger partial charge in [0.1, 0.15) is 17.9 Å². The molecule has 4 unspecified atom stereocenters. The van der Waals surface area contributed by atoms with Crippen molar-refractivity contribution in [3.05, 3.63) is 35.6 Å². The van der Waals surface area contributed by atoms with Crippen molar-refractivity contribution >= 4 is 17.7 Å². The molecule has 2 N–H and O–H groups in total. The van der Waals surface area contributed by atoms with E-state index in [0.717, 1.165) is 31.5 Å². The molecule has 5 rings (SSSR count). The SMILES string of the molecule is O=C(NC1CCN2C(=O)C3CC(OCc4ccc(F)cc4)CN3C(=O)C2C1)C1CCNCC1. The number of hydrogen-bond donors (Lipinski definition) is 2. The molecule has 3 amide bonds. The molecule has 1 aromatic carbocycles. The number of piperidine rings is 2. The Hall–Kier alpha value is -2.52. The van der Waals surface area contributed by atoms with E-state index in [1.54, 1.807) is 21.9 Å². The third kappa shape index (κ3) is 4.61. The zero-order chi connectivity index (χ0) is 22.9. The van der Waals surface area contributed by atoms with Crippen LogP contribution in [0.15, 0.2) is 24.3 Å². The largest absolute Gasteiger partial charge is 0.372 e. The number of hydrogen-bond acceptors (Lipinski definition) is 5. The van der Waals surface area contributed by atoms with Gasteiger partial charge < -0.3 is 25.2 Å². The van der Waals surface area contributed by atoms with Crippen LogP contribution in [-0.2, 0) is 25.7 Å². The Bertz CT molecular complexity index is 904. The topological polar surface area (TPSA) is 91.0 Å². The van der Waals surface area contributed by atoms with E-state index >= 15 is 0 Å². The van der Waals surface area contributed by atoms with Crippen LogP contribution in [0.3, 0.4) is 0 Å².